The van der Waals surface area contributed by atoms with Crippen LogP contribution in [0.25, 0.3) is 17.4 Å². The molecule has 3 amide bonds. The van der Waals surface area contributed by atoms with Gasteiger partial charge in [-0.15, -0.1) is 0 Å². The van der Waals surface area contributed by atoms with Gasteiger partial charge in [-0.2, -0.15) is 0 Å². The Morgan fingerprint density at radius 2 is 1.71 bits per heavy atom. The number of benzene rings is 2. The average Bonchev–Trinajstić information content (AvgIpc) is 3.41. The van der Waals surface area contributed by atoms with Crippen molar-refractivity contribution in [2.24, 2.45) is 0 Å². The molecule has 0 atom stereocenters. The van der Waals surface area contributed by atoms with Crippen LogP contribution in [0.4, 0.5) is 5.69 Å². The third-order valence-corrected chi connectivity index (χ3v) is 5.97. The zero-order valence-electron chi connectivity index (χ0n) is 15.6. The van der Waals surface area contributed by atoms with Crippen LogP contribution in [0.3, 0.4) is 0 Å². The summed E-state index contributed by atoms with van der Waals surface area (Å²) in [4.78, 5) is 38.1. The van der Waals surface area contributed by atoms with E-state index in [-0.39, 0.29) is 11.1 Å². The van der Waals surface area contributed by atoms with Crippen LogP contribution in [0.5, 0.6) is 0 Å². The summed E-state index contributed by atoms with van der Waals surface area (Å²) in [5.41, 5.74) is 1.82. The minimum atomic E-state index is -0.440. The molecule has 1 aromatic heterocycles. The number of carbonyl (C=O) groups is 3. The number of halogens is 1. The van der Waals surface area contributed by atoms with Crippen molar-refractivity contribution >= 4 is 58.0 Å². The predicted octanol–water partition coefficient (Wildman–Crippen LogP) is 4.54. The van der Waals surface area contributed by atoms with Gasteiger partial charge in [0.05, 0.1) is 21.7 Å². The lowest BCUT2D eigenvalue weighted by atomic mass is 10.0. The average molecular weight is 450 g/mol. The Kier molecular flexibility index (Phi) is 4.53. The second kappa shape index (κ2) is 7.26. The molecule has 0 radical (unpaired) electrons. The van der Waals surface area contributed by atoms with Gasteiger partial charge in [0.2, 0.25) is 0 Å². The van der Waals surface area contributed by atoms with Gasteiger partial charge in [-0.3, -0.25) is 30.0 Å². The van der Waals surface area contributed by atoms with Crippen LogP contribution in [0.2, 0.25) is 5.02 Å². The standard InChI is InChI=1S/C22H12ClN3O4S/c23-12-2-4-13(5-3-12)26-21(29)18(31-22(26)24)10-14-6-8-17(30-14)11-1-7-15-16(9-11)20(28)25-19(15)27/h1-10,24H,(H,25,27,28). The molecule has 5 rings (SSSR count). The van der Waals surface area contributed by atoms with Gasteiger partial charge < -0.3 is 4.42 Å². The van der Waals surface area contributed by atoms with Crippen LogP contribution >= 0.6 is 23.4 Å². The van der Waals surface area contributed by atoms with Gasteiger partial charge in [-0.1, -0.05) is 17.7 Å². The van der Waals surface area contributed by atoms with Gasteiger partial charge in [0.1, 0.15) is 11.5 Å². The lowest BCUT2D eigenvalue weighted by Gasteiger charge is -2.14. The van der Waals surface area contributed by atoms with Crippen LogP contribution in [0.15, 0.2) is 63.9 Å². The normalized spacial score (nSPS) is 16.9. The second-order valence-electron chi connectivity index (χ2n) is 6.78. The number of hydrogen-bond donors (Lipinski definition) is 2. The molecule has 1 saturated heterocycles. The topological polar surface area (TPSA) is 103 Å². The van der Waals surface area contributed by atoms with E-state index in [1.54, 1.807) is 60.7 Å². The van der Waals surface area contributed by atoms with E-state index in [4.69, 9.17) is 21.4 Å². The number of nitrogens with one attached hydrogen (secondary N) is 2. The molecule has 1 fully saturated rings. The van der Waals surface area contributed by atoms with E-state index in [0.29, 0.717) is 43.8 Å². The Morgan fingerprint density at radius 3 is 2.48 bits per heavy atom. The molecule has 0 unspecified atom stereocenters. The summed E-state index contributed by atoms with van der Waals surface area (Å²) in [6.07, 6.45) is 1.57. The molecule has 3 heterocycles. The highest BCUT2D eigenvalue weighted by Gasteiger charge is 2.34. The molecule has 0 bridgehead atoms. The zero-order chi connectivity index (χ0) is 21.7. The minimum Gasteiger partial charge on any atom is -0.457 e. The van der Waals surface area contributed by atoms with Gasteiger partial charge in [-0.05, 0) is 60.3 Å². The summed E-state index contributed by atoms with van der Waals surface area (Å²) in [5.74, 6) is -0.270. The molecule has 9 heteroatoms. The van der Waals surface area contributed by atoms with Crippen molar-refractivity contribution in [3.05, 3.63) is 81.4 Å². The third-order valence-electron chi connectivity index (χ3n) is 4.83. The van der Waals surface area contributed by atoms with Gasteiger partial charge in [0.25, 0.3) is 17.7 Å². The van der Waals surface area contributed by atoms with E-state index >= 15 is 0 Å². The largest absolute Gasteiger partial charge is 0.457 e. The van der Waals surface area contributed by atoms with Gasteiger partial charge in [0.15, 0.2) is 5.17 Å². The molecule has 2 aliphatic rings. The molecule has 2 aromatic carbocycles. The molecule has 0 spiro atoms. The molecule has 2 N–H and O–H groups in total. The number of carbonyl (C=O) groups excluding carboxylic acids is 3. The van der Waals surface area contributed by atoms with Gasteiger partial charge in [0, 0.05) is 16.7 Å². The number of rotatable bonds is 3. The SMILES string of the molecule is N=C1SC(=Cc2ccc(-c3ccc4c(c3)C(=O)NC4=O)o2)C(=O)N1c1ccc(Cl)cc1. The quantitative estimate of drug-likeness (QED) is 0.451. The number of fused-ring (bicyclic) bond motifs is 1. The fourth-order valence-corrected chi connectivity index (χ4v) is 4.32. The maximum Gasteiger partial charge on any atom is 0.271 e. The van der Waals surface area contributed by atoms with E-state index in [0.717, 1.165) is 11.8 Å². The lowest BCUT2D eigenvalue weighted by molar-refractivity contribution is -0.113. The fraction of sp³-hybridized carbons (Fsp3) is 0. The number of furan rings is 1. The molecule has 2 aliphatic heterocycles. The van der Waals surface area contributed by atoms with Crippen LogP contribution in [0, 0.1) is 5.41 Å². The van der Waals surface area contributed by atoms with Crippen LogP contribution < -0.4 is 10.2 Å². The first-order valence-corrected chi connectivity index (χ1v) is 10.3. The molecular weight excluding hydrogens is 438 g/mol. The summed E-state index contributed by atoms with van der Waals surface area (Å²) < 4.78 is 5.83. The van der Waals surface area contributed by atoms with Crippen molar-refractivity contribution < 1.29 is 18.8 Å². The maximum atomic E-state index is 12.8. The van der Waals surface area contributed by atoms with E-state index in [1.165, 1.54) is 4.90 Å². The van der Waals surface area contributed by atoms with Crippen molar-refractivity contribution in [1.82, 2.24) is 5.32 Å². The highest BCUT2D eigenvalue weighted by Crippen LogP contribution is 2.36. The number of thioether (sulfide) groups is 1. The van der Waals surface area contributed by atoms with E-state index in [9.17, 15) is 14.4 Å². The summed E-state index contributed by atoms with van der Waals surface area (Å²) >= 11 is 6.94. The summed E-state index contributed by atoms with van der Waals surface area (Å²) in [6, 6.07) is 15.0. The lowest BCUT2D eigenvalue weighted by Crippen LogP contribution is -2.27. The Labute approximate surface area is 185 Å². The summed E-state index contributed by atoms with van der Waals surface area (Å²) in [6.45, 7) is 0. The fourth-order valence-electron chi connectivity index (χ4n) is 3.35. The molecule has 3 aromatic rings. The van der Waals surface area contributed by atoms with E-state index in [1.807, 2.05) is 0 Å². The molecule has 31 heavy (non-hydrogen) atoms. The van der Waals surface area contributed by atoms with Crippen molar-refractivity contribution in [3.8, 4) is 11.3 Å². The molecule has 0 aliphatic carbocycles. The van der Waals surface area contributed by atoms with E-state index in [2.05, 4.69) is 5.32 Å². The second-order valence-corrected chi connectivity index (χ2v) is 8.25. The maximum absolute atomic E-state index is 12.8. The van der Waals surface area contributed by atoms with Crippen LogP contribution in [0.1, 0.15) is 26.5 Å². The Morgan fingerprint density at radius 1 is 0.968 bits per heavy atom. The molecule has 0 saturated carbocycles. The Hall–Kier alpha value is -3.62. The summed E-state index contributed by atoms with van der Waals surface area (Å²) in [7, 11) is 0. The number of amides is 3. The van der Waals surface area contributed by atoms with E-state index < -0.39 is 11.8 Å². The van der Waals surface area contributed by atoms with Crippen LogP contribution in [-0.4, -0.2) is 22.9 Å². The van der Waals surface area contributed by atoms with Crippen molar-refractivity contribution in [2.45, 2.75) is 0 Å². The number of amidine groups is 1. The minimum absolute atomic E-state index is 0.0830. The highest BCUT2D eigenvalue weighted by atomic mass is 35.5. The number of nitrogens with zero attached hydrogens (tertiary/aromatic N) is 1. The monoisotopic (exact) mass is 449 g/mol. The third kappa shape index (κ3) is 3.35. The van der Waals surface area contributed by atoms with Crippen molar-refractivity contribution in [2.75, 3.05) is 4.90 Å². The number of hydrogen-bond acceptors (Lipinski definition) is 6. The smallest absolute Gasteiger partial charge is 0.271 e. The first-order chi connectivity index (χ1) is 14.9. The van der Waals surface area contributed by atoms with Gasteiger partial charge >= 0.3 is 0 Å². The first-order valence-electron chi connectivity index (χ1n) is 9.09. The summed E-state index contributed by atoms with van der Waals surface area (Å²) in [5, 5.41) is 11.0. The first kappa shape index (κ1) is 19.3. The Balaban J connectivity index is 1.42. The highest BCUT2D eigenvalue weighted by molar-refractivity contribution is 8.19. The van der Waals surface area contributed by atoms with Gasteiger partial charge in [-0.25, -0.2) is 0 Å². The molecular formula is C22H12ClN3O4S. The number of imide groups is 1. The predicted molar refractivity (Wildman–Crippen MR) is 118 cm³/mol. The van der Waals surface area contributed by atoms with Crippen molar-refractivity contribution in [1.29, 1.82) is 5.41 Å². The Bertz CT molecular complexity index is 1330. The zero-order valence-corrected chi connectivity index (χ0v) is 17.2. The van der Waals surface area contributed by atoms with Crippen molar-refractivity contribution in [3.63, 3.8) is 0 Å². The molecule has 7 nitrogen and oxygen atoms in total. The molecule has 152 valence electrons. The number of anilines is 1. The van der Waals surface area contributed by atoms with Crippen LogP contribution in [-0.2, 0) is 4.79 Å².